The molecule has 0 saturated carbocycles. The second kappa shape index (κ2) is 9.80. The van der Waals surface area contributed by atoms with Crippen LogP contribution in [0.4, 0.5) is 13.2 Å². The third-order valence-electron chi connectivity index (χ3n) is 5.23. The lowest BCUT2D eigenvalue weighted by Crippen LogP contribution is -2.60. The van der Waals surface area contributed by atoms with Gasteiger partial charge in [-0.1, -0.05) is 6.07 Å². The van der Waals surface area contributed by atoms with E-state index in [4.69, 9.17) is 14.6 Å². The molecule has 4 rings (SSSR count). The van der Waals surface area contributed by atoms with Gasteiger partial charge in [-0.15, -0.1) is 23.1 Å². The summed E-state index contributed by atoms with van der Waals surface area (Å²) in [6.45, 7) is 6.39. The molecule has 11 heteroatoms. The number of halogens is 3. The smallest absolute Gasteiger partial charge is 0.475 e. The fourth-order valence-corrected chi connectivity index (χ4v) is 6.00. The quantitative estimate of drug-likeness (QED) is 0.691. The number of amides is 1. The van der Waals surface area contributed by atoms with Crippen LogP contribution in [0.25, 0.3) is 0 Å². The molecule has 0 aromatic carbocycles. The molecule has 0 aliphatic carbocycles. The van der Waals surface area contributed by atoms with Crippen LogP contribution >= 0.6 is 23.1 Å². The van der Waals surface area contributed by atoms with Crippen molar-refractivity contribution in [2.45, 2.75) is 43.9 Å². The van der Waals surface area contributed by atoms with Crippen LogP contribution in [-0.4, -0.2) is 62.7 Å². The van der Waals surface area contributed by atoms with Gasteiger partial charge in [-0.25, -0.2) is 4.79 Å². The lowest BCUT2D eigenvalue weighted by Gasteiger charge is -2.47. The molecule has 2 aromatic rings. The number of aromatic nitrogens is 1. The SMILES string of the molecule is Cc1cc(C(=O)N2CC3(CC(OCc4ccccn4)CS3)C2)sc1C.O=C(O)C(F)(F)F. The Morgan fingerprint density at radius 2 is 2.00 bits per heavy atom. The summed E-state index contributed by atoms with van der Waals surface area (Å²) in [6.07, 6.45) is -2.00. The number of alkyl halides is 3. The van der Waals surface area contributed by atoms with E-state index in [1.54, 1.807) is 17.5 Å². The van der Waals surface area contributed by atoms with Crippen molar-refractivity contribution < 1.29 is 32.6 Å². The Balaban J connectivity index is 0.000000360. The highest BCUT2D eigenvalue weighted by atomic mass is 32.2. The minimum absolute atomic E-state index is 0.185. The first kappa shape index (κ1) is 24.5. The van der Waals surface area contributed by atoms with Crippen LogP contribution in [0.5, 0.6) is 0 Å². The first-order valence-electron chi connectivity index (χ1n) is 9.81. The van der Waals surface area contributed by atoms with Crippen LogP contribution in [0.3, 0.4) is 0 Å². The van der Waals surface area contributed by atoms with E-state index in [9.17, 15) is 18.0 Å². The number of thioether (sulfide) groups is 1. The number of rotatable bonds is 4. The number of carbonyl (C=O) groups is 2. The normalized spacial score (nSPS) is 19.3. The molecule has 0 bridgehead atoms. The highest BCUT2D eigenvalue weighted by Crippen LogP contribution is 2.46. The summed E-state index contributed by atoms with van der Waals surface area (Å²) in [5, 5.41) is 7.12. The van der Waals surface area contributed by atoms with Crippen molar-refractivity contribution >= 4 is 35.0 Å². The molecule has 4 heterocycles. The highest BCUT2D eigenvalue weighted by Gasteiger charge is 2.51. The molecule has 0 radical (unpaired) electrons. The topological polar surface area (TPSA) is 79.7 Å². The Kier molecular flexibility index (Phi) is 7.51. The van der Waals surface area contributed by atoms with E-state index in [1.165, 1.54) is 10.4 Å². The van der Waals surface area contributed by atoms with Gasteiger partial charge in [0.05, 0.1) is 28.0 Å². The van der Waals surface area contributed by atoms with Gasteiger partial charge in [-0.05, 0) is 44.0 Å². The van der Waals surface area contributed by atoms with Crippen molar-refractivity contribution in [3.63, 3.8) is 0 Å². The summed E-state index contributed by atoms with van der Waals surface area (Å²) in [5.41, 5.74) is 2.18. The van der Waals surface area contributed by atoms with Crippen molar-refractivity contribution in [1.82, 2.24) is 9.88 Å². The van der Waals surface area contributed by atoms with Crippen LogP contribution in [0, 0.1) is 13.8 Å². The Morgan fingerprint density at radius 1 is 1.31 bits per heavy atom. The molecule has 2 aliphatic heterocycles. The number of likely N-dealkylation sites (tertiary alicyclic amines) is 1. The van der Waals surface area contributed by atoms with Crippen molar-refractivity contribution in [1.29, 1.82) is 0 Å². The highest BCUT2D eigenvalue weighted by molar-refractivity contribution is 8.01. The van der Waals surface area contributed by atoms with Crippen molar-refractivity contribution in [3.8, 4) is 0 Å². The van der Waals surface area contributed by atoms with E-state index in [1.807, 2.05) is 40.9 Å². The number of carboxylic acid groups (broad SMARTS) is 1. The number of hydrogen-bond donors (Lipinski definition) is 1. The van der Waals surface area contributed by atoms with E-state index >= 15 is 0 Å². The lowest BCUT2D eigenvalue weighted by atomic mass is 9.92. The summed E-state index contributed by atoms with van der Waals surface area (Å²) < 4.78 is 38.0. The molecule has 1 unspecified atom stereocenters. The maximum absolute atomic E-state index is 12.6. The predicted octanol–water partition coefficient (Wildman–Crippen LogP) is 4.31. The molecule has 6 nitrogen and oxygen atoms in total. The molecule has 2 fully saturated rings. The molecule has 2 aromatic heterocycles. The number of aryl methyl sites for hydroxylation is 2. The van der Waals surface area contributed by atoms with Crippen LogP contribution in [0.2, 0.25) is 0 Å². The molecule has 2 aliphatic rings. The van der Waals surface area contributed by atoms with Gasteiger partial charge in [-0.3, -0.25) is 9.78 Å². The van der Waals surface area contributed by atoms with Gasteiger partial charge in [0, 0.05) is 29.9 Å². The molecule has 1 spiro atoms. The van der Waals surface area contributed by atoms with Crippen molar-refractivity contribution in [2.75, 3.05) is 18.8 Å². The fraction of sp³-hybridized carbons (Fsp3) is 0.476. The van der Waals surface area contributed by atoms with Gasteiger partial charge >= 0.3 is 12.1 Å². The molecular formula is C21H23F3N2O4S2. The summed E-state index contributed by atoms with van der Waals surface area (Å²) >= 11 is 3.57. The number of carboxylic acids is 1. The van der Waals surface area contributed by atoms with E-state index in [-0.39, 0.29) is 16.8 Å². The number of ether oxygens (including phenoxy) is 1. The first-order valence-corrected chi connectivity index (χ1v) is 11.6. The number of pyridine rings is 1. The Hall–Kier alpha value is -2.11. The molecule has 32 heavy (non-hydrogen) atoms. The van der Waals surface area contributed by atoms with E-state index < -0.39 is 12.1 Å². The maximum Gasteiger partial charge on any atom is 0.490 e. The predicted molar refractivity (Wildman–Crippen MR) is 116 cm³/mol. The monoisotopic (exact) mass is 488 g/mol. The maximum atomic E-state index is 12.6. The third kappa shape index (κ3) is 6.02. The number of aliphatic carboxylic acids is 1. The van der Waals surface area contributed by atoms with Gasteiger partial charge in [0.2, 0.25) is 0 Å². The van der Waals surface area contributed by atoms with Gasteiger partial charge in [0.25, 0.3) is 5.91 Å². The second-order valence-corrected chi connectivity index (χ2v) is 10.5. The van der Waals surface area contributed by atoms with Crippen LogP contribution in [0.1, 0.15) is 32.2 Å². The molecule has 1 N–H and O–H groups in total. The molecule has 2 saturated heterocycles. The van der Waals surface area contributed by atoms with Crippen LogP contribution < -0.4 is 0 Å². The van der Waals surface area contributed by atoms with Gasteiger partial charge in [-0.2, -0.15) is 13.2 Å². The summed E-state index contributed by atoms with van der Waals surface area (Å²) in [7, 11) is 0. The first-order chi connectivity index (χ1) is 15.0. The number of nitrogens with zero attached hydrogens (tertiary/aromatic N) is 2. The number of carbonyl (C=O) groups excluding carboxylic acids is 1. The molecular weight excluding hydrogens is 465 g/mol. The van der Waals surface area contributed by atoms with Crippen molar-refractivity contribution in [2.24, 2.45) is 0 Å². The van der Waals surface area contributed by atoms with Crippen LogP contribution in [-0.2, 0) is 16.1 Å². The zero-order valence-electron chi connectivity index (χ0n) is 17.5. The minimum Gasteiger partial charge on any atom is -0.475 e. The van der Waals surface area contributed by atoms with Crippen molar-refractivity contribution in [3.05, 3.63) is 51.5 Å². The van der Waals surface area contributed by atoms with E-state index in [0.29, 0.717) is 6.61 Å². The summed E-state index contributed by atoms with van der Waals surface area (Å²) in [6, 6.07) is 7.92. The molecule has 174 valence electrons. The third-order valence-corrected chi connectivity index (χ3v) is 7.95. The Morgan fingerprint density at radius 3 is 2.53 bits per heavy atom. The molecule has 1 amide bonds. The minimum atomic E-state index is -5.08. The molecule has 1 atom stereocenters. The van der Waals surface area contributed by atoms with Gasteiger partial charge < -0.3 is 14.7 Å². The fourth-order valence-electron chi connectivity index (χ4n) is 3.44. The number of thiophene rings is 1. The van der Waals surface area contributed by atoms with Gasteiger partial charge in [0.15, 0.2) is 0 Å². The van der Waals surface area contributed by atoms with E-state index in [0.717, 1.165) is 35.8 Å². The van der Waals surface area contributed by atoms with Gasteiger partial charge in [0.1, 0.15) is 0 Å². The standard InChI is InChI=1S/C19H22N2O2S2.C2HF3O2/c1-13-7-17(25-14(13)2)18(22)21-11-19(12-21)8-16(10-24-19)23-9-15-5-3-4-6-20-15;3-2(4,5)1(6)7/h3-7,16H,8-12H2,1-2H3;(H,6,7). The Labute approximate surface area is 191 Å². The average Bonchev–Trinajstić information content (AvgIpc) is 3.29. The lowest BCUT2D eigenvalue weighted by molar-refractivity contribution is -0.192. The summed E-state index contributed by atoms with van der Waals surface area (Å²) in [5.74, 6) is -1.57. The zero-order valence-corrected chi connectivity index (χ0v) is 19.1. The second-order valence-electron chi connectivity index (χ2n) is 7.77. The Bertz CT molecular complexity index is 940. The zero-order chi connectivity index (χ0) is 23.5. The number of hydrogen-bond acceptors (Lipinski definition) is 6. The largest absolute Gasteiger partial charge is 0.490 e. The van der Waals surface area contributed by atoms with E-state index in [2.05, 4.69) is 18.8 Å². The average molecular weight is 489 g/mol. The summed E-state index contributed by atoms with van der Waals surface area (Å²) in [4.78, 5) is 29.9. The van der Waals surface area contributed by atoms with Crippen LogP contribution in [0.15, 0.2) is 30.5 Å².